The number of hydrogen-bond acceptors (Lipinski definition) is 5. The maximum Gasteiger partial charge on any atom is 0.263 e. The lowest BCUT2D eigenvalue weighted by Crippen LogP contribution is -2.53. The highest BCUT2D eigenvalue weighted by molar-refractivity contribution is 7.88. The summed E-state index contributed by atoms with van der Waals surface area (Å²) in [5.41, 5.74) is 2.42. The molecule has 1 N–H and O–H groups in total. The molecule has 0 saturated carbocycles. The highest BCUT2D eigenvalue weighted by atomic mass is 32.2. The molecule has 188 valence electrons. The predicted molar refractivity (Wildman–Crippen MR) is 138 cm³/mol. The molecular formula is C27H29N3O5S. The van der Waals surface area contributed by atoms with Gasteiger partial charge in [0.1, 0.15) is 5.75 Å². The van der Waals surface area contributed by atoms with Crippen molar-refractivity contribution in [2.75, 3.05) is 30.8 Å². The average molecular weight is 508 g/mol. The van der Waals surface area contributed by atoms with Gasteiger partial charge in [0.2, 0.25) is 15.9 Å². The Labute approximate surface area is 211 Å². The minimum Gasteiger partial charge on any atom is -0.477 e. The zero-order valence-corrected chi connectivity index (χ0v) is 20.9. The van der Waals surface area contributed by atoms with Crippen LogP contribution in [0.3, 0.4) is 0 Å². The van der Waals surface area contributed by atoms with Gasteiger partial charge < -0.3 is 15.0 Å². The van der Waals surface area contributed by atoms with Gasteiger partial charge in [0.15, 0.2) is 6.10 Å². The summed E-state index contributed by atoms with van der Waals surface area (Å²) in [6, 6.07) is 25.9. The summed E-state index contributed by atoms with van der Waals surface area (Å²) in [7, 11) is -3.64. The first kappa shape index (κ1) is 25.4. The van der Waals surface area contributed by atoms with Crippen LogP contribution in [0.15, 0.2) is 84.9 Å². The first-order valence-corrected chi connectivity index (χ1v) is 13.5. The lowest BCUT2D eigenvalue weighted by Gasteiger charge is -2.35. The van der Waals surface area contributed by atoms with Crippen molar-refractivity contribution in [3.63, 3.8) is 0 Å². The number of fused-ring (bicyclic) bond motifs is 1. The minimum absolute atomic E-state index is 0.0211. The number of nitrogens with zero attached hydrogens (tertiary/aromatic N) is 2. The Morgan fingerprint density at radius 2 is 1.56 bits per heavy atom. The lowest BCUT2D eigenvalue weighted by atomic mass is 10.1. The molecule has 1 heterocycles. The molecule has 0 fully saturated rings. The normalized spacial score (nSPS) is 15.2. The van der Waals surface area contributed by atoms with Crippen molar-refractivity contribution in [1.29, 1.82) is 0 Å². The van der Waals surface area contributed by atoms with Gasteiger partial charge >= 0.3 is 0 Å². The van der Waals surface area contributed by atoms with Crippen molar-refractivity contribution in [3.05, 3.63) is 96.1 Å². The van der Waals surface area contributed by atoms with Crippen LogP contribution >= 0.6 is 0 Å². The average Bonchev–Trinajstić information content (AvgIpc) is 2.89. The van der Waals surface area contributed by atoms with Crippen LogP contribution in [0.2, 0.25) is 0 Å². The molecule has 0 radical (unpaired) electrons. The summed E-state index contributed by atoms with van der Waals surface area (Å²) in [6.07, 6.45) is 0.646. The van der Waals surface area contributed by atoms with Gasteiger partial charge in [-0.25, -0.2) is 8.42 Å². The molecule has 1 aliphatic rings. The zero-order chi connectivity index (χ0) is 25.5. The highest BCUT2D eigenvalue weighted by Crippen LogP contribution is 2.33. The van der Waals surface area contributed by atoms with Gasteiger partial charge in [0.25, 0.3) is 5.91 Å². The maximum absolute atomic E-state index is 13.4. The summed E-state index contributed by atoms with van der Waals surface area (Å²) >= 11 is 0. The van der Waals surface area contributed by atoms with Crippen LogP contribution in [0.5, 0.6) is 5.75 Å². The van der Waals surface area contributed by atoms with Crippen LogP contribution in [0.25, 0.3) is 0 Å². The molecule has 2 amide bonds. The third-order valence-corrected chi connectivity index (χ3v) is 7.20. The summed E-state index contributed by atoms with van der Waals surface area (Å²) in [5.74, 6) is -0.382. The molecule has 0 aliphatic carbocycles. The number of benzene rings is 3. The molecular weight excluding hydrogens is 478 g/mol. The molecule has 4 rings (SSSR count). The van der Waals surface area contributed by atoms with Gasteiger partial charge in [0, 0.05) is 13.1 Å². The Bertz CT molecular complexity index is 1300. The van der Waals surface area contributed by atoms with E-state index in [4.69, 9.17) is 4.74 Å². The topological polar surface area (TPSA) is 96.0 Å². The van der Waals surface area contributed by atoms with E-state index < -0.39 is 22.0 Å². The molecule has 0 saturated heterocycles. The van der Waals surface area contributed by atoms with Crippen LogP contribution < -0.4 is 15.0 Å². The van der Waals surface area contributed by atoms with Crippen molar-refractivity contribution in [2.24, 2.45) is 0 Å². The predicted octanol–water partition coefficient (Wildman–Crippen LogP) is 2.60. The fourth-order valence-corrected chi connectivity index (χ4v) is 4.77. The second-order valence-corrected chi connectivity index (χ2v) is 10.6. The van der Waals surface area contributed by atoms with E-state index in [1.54, 1.807) is 24.3 Å². The first-order valence-electron chi connectivity index (χ1n) is 11.7. The van der Waals surface area contributed by atoms with Crippen LogP contribution in [-0.4, -0.2) is 56.5 Å². The molecule has 1 aliphatic heterocycles. The molecule has 3 aromatic carbocycles. The molecule has 9 heteroatoms. The Kier molecular flexibility index (Phi) is 8.02. The number of sulfonamides is 1. The van der Waals surface area contributed by atoms with E-state index in [0.29, 0.717) is 24.4 Å². The number of hydrogen-bond donors (Lipinski definition) is 1. The van der Waals surface area contributed by atoms with E-state index >= 15 is 0 Å². The summed E-state index contributed by atoms with van der Waals surface area (Å²) in [5, 5.41) is 2.85. The van der Waals surface area contributed by atoms with Crippen molar-refractivity contribution >= 4 is 27.5 Å². The molecule has 36 heavy (non-hydrogen) atoms. The van der Waals surface area contributed by atoms with E-state index in [2.05, 4.69) is 5.32 Å². The van der Waals surface area contributed by atoms with Crippen molar-refractivity contribution in [2.45, 2.75) is 19.1 Å². The minimum atomic E-state index is -3.64. The second-order valence-electron chi connectivity index (χ2n) is 8.61. The van der Waals surface area contributed by atoms with Crippen molar-refractivity contribution in [3.8, 4) is 5.75 Å². The van der Waals surface area contributed by atoms with Crippen molar-refractivity contribution in [1.82, 2.24) is 9.62 Å². The van der Waals surface area contributed by atoms with Gasteiger partial charge in [-0.1, -0.05) is 72.8 Å². The van der Waals surface area contributed by atoms with E-state index in [0.717, 1.165) is 17.4 Å². The number of rotatable bonds is 9. The molecule has 1 unspecified atom stereocenters. The Morgan fingerprint density at radius 3 is 2.22 bits per heavy atom. The summed E-state index contributed by atoms with van der Waals surface area (Å²) in [6.45, 7) is 0.142. The second kappa shape index (κ2) is 11.4. The number of nitrogens with one attached hydrogen (secondary N) is 1. The van der Waals surface area contributed by atoms with E-state index in [1.165, 1.54) is 9.21 Å². The fourth-order valence-electron chi connectivity index (χ4n) is 4.00. The number of amides is 2. The zero-order valence-electron chi connectivity index (χ0n) is 20.0. The smallest absolute Gasteiger partial charge is 0.263 e. The fraction of sp³-hybridized carbons (Fsp3) is 0.259. The van der Waals surface area contributed by atoms with Crippen LogP contribution in [-0.2, 0) is 32.6 Å². The number of carbonyl (C=O) groups is 2. The molecule has 0 bridgehead atoms. The maximum atomic E-state index is 13.4. The molecule has 3 aromatic rings. The van der Waals surface area contributed by atoms with Gasteiger partial charge in [-0.05, 0) is 29.7 Å². The summed E-state index contributed by atoms with van der Waals surface area (Å²) in [4.78, 5) is 27.8. The summed E-state index contributed by atoms with van der Waals surface area (Å²) < 4.78 is 32.0. The first-order chi connectivity index (χ1) is 17.3. The number of para-hydroxylation sites is 2. The third-order valence-electron chi connectivity index (χ3n) is 5.95. The van der Waals surface area contributed by atoms with Gasteiger partial charge in [0.05, 0.1) is 25.0 Å². The van der Waals surface area contributed by atoms with Crippen LogP contribution in [0.4, 0.5) is 5.69 Å². The van der Waals surface area contributed by atoms with E-state index in [-0.39, 0.29) is 25.5 Å². The number of carbonyl (C=O) groups excluding carboxylic acids is 2. The Hall–Kier alpha value is -3.69. The molecule has 1 atom stereocenters. The Balaban J connectivity index is 1.48. The standard InChI is InChI=1S/C27H29N3O5S/c1-36(33,34)29(17-16-21-10-4-2-5-11-21)20-26(31)30-19-25(35-24-15-9-8-14-23(24)30)27(32)28-18-22-12-6-3-7-13-22/h2-15,25H,16-20H2,1H3,(H,28,32). The number of ether oxygens (including phenoxy) is 1. The van der Waals surface area contributed by atoms with E-state index in [1.807, 2.05) is 60.7 Å². The highest BCUT2D eigenvalue weighted by Gasteiger charge is 2.35. The largest absolute Gasteiger partial charge is 0.477 e. The van der Waals surface area contributed by atoms with Crippen molar-refractivity contribution < 1.29 is 22.7 Å². The monoisotopic (exact) mass is 507 g/mol. The lowest BCUT2D eigenvalue weighted by molar-refractivity contribution is -0.128. The molecule has 8 nitrogen and oxygen atoms in total. The van der Waals surface area contributed by atoms with E-state index in [9.17, 15) is 18.0 Å². The third kappa shape index (κ3) is 6.50. The SMILES string of the molecule is CS(=O)(=O)N(CCc1ccccc1)CC(=O)N1CC(C(=O)NCc2ccccc2)Oc2ccccc21. The van der Waals surface area contributed by atoms with Gasteiger partial charge in [-0.3, -0.25) is 9.59 Å². The molecule has 0 spiro atoms. The van der Waals surface area contributed by atoms with Crippen LogP contribution in [0, 0.1) is 0 Å². The van der Waals surface area contributed by atoms with Crippen LogP contribution in [0.1, 0.15) is 11.1 Å². The number of anilines is 1. The Morgan fingerprint density at radius 1 is 0.944 bits per heavy atom. The molecule has 0 aromatic heterocycles. The van der Waals surface area contributed by atoms with Gasteiger partial charge in [-0.15, -0.1) is 0 Å². The van der Waals surface area contributed by atoms with Gasteiger partial charge in [-0.2, -0.15) is 4.31 Å². The quantitative estimate of drug-likeness (QED) is 0.480.